The maximum atomic E-state index is 12.0. The lowest BCUT2D eigenvalue weighted by atomic mass is 10.3. The summed E-state index contributed by atoms with van der Waals surface area (Å²) in [4.78, 5) is 4.51. The Bertz CT molecular complexity index is 99.9. The molecular weight excluding hydrogens is 181 g/mol. The van der Waals surface area contributed by atoms with Crippen molar-refractivity contribution in [2.24, 2.45) is 0 Å². The summed E-state index contributed by atoms with van der Waals surface area (Å²) < 4.78 is 12.0. The van der Waals surface area contributed by atoms with Crippen molar-refractivity contribution in [2.45, 2.75) is 13.8 Å². The first-order valence-electron chi connectivity index (χ1n) is 5.52. The van der Waals surface area contributed by atoms with E-state index in [0.717, 1.165) is 32.8 Å². The van der Waals surface area contributed by atoms with Crippen molar-refractivity contribution < 1.29 is 4.39 Å². The number of nitrogens with one attached hydrogen (secondary N) is 1. The molecule has 14 heavy (non-hydrogen) atoms. The Balaban J connectivity index is 0.000000791. The van der Waals surface area contributed by atoms with Crippen LogP contribution in [0.15, 0.2) is 0 Å². The quantitative estimate of drug-likeness (QED) is 0.731. The van der Waals surface area contributed by atoms with Gasteiger partial charge in [0.15, 0.2) is 0 Å². The second kappa shape index (κ2) is 9.37. The number of halogens is 1. The first-order chi connectivity index (χ1) is 6.86. The molecule has 1 fully saturated rings. The molecule has 0 aromatic carbocycles. The lowest BCUT2D eigenvalue weighted by molar-refractivity contribution is 0.121. The molecule has 3 nitrogen and oxygen atoms in total. The zero-order valence-corrected chi connectivity index (χ0v) is 9.72. The maximum Gasteiger partial charge on any atom is 0.102 e. The fraction of sp³-hybridized carbons (Fsp3) is 1.00. The van der Waals surface area contributed by atoms with Gasteiger partial charge in [-0.1, -0.05) is 13.8 Å². The summed E-state index contributed by atoms with van der Waals surface area (Å²) >= 11 is 0. The van der Waals surface area contributed by atoms with E-state index in [1.807, 2.05) is 20.9 Å². The van der Waals surface area contributed by atoms with Gasteiger partial charge in [-0.05, 0) is 7.05 Å². The van der Waals surface area contributed by atoms with Gasteiger partial charge in [0.1, 0.15) is 6.67 Å². The van der Waals surface area contributed by atoms with Gasteiger partial charge < -0.3 is 5.32 Å². The molecule has 86 valence electrons. The van der Waals surface area contributed by atoms with Crippen molar-refractivity contribution in [3.05, 3.63) is 0 Å². The van der Waals surface area contributed by atoms with Gasteiger partial charge in [0, 0.05) is 39.4 Å². The summed E-state index contributed by atoms with van der Waals surface area (Å²) in [6.45, 7) is 9.46. The summed E-state index contributed by atoms with van der Waals surface area (Å²) in [6.07, 6.45) is 0. The van der Waals surface area contributed by atoms with E-state index in [4.69, 9.17) is 0 Å². The van der Waals surface area contributed by atoms with Gasteiger partial charge in [-0.2, -0.15) is 0 Å². The van der Waals surface area contributed by atoms with E-state index in [1.165, 1.54) is 0 Å². The van der Waals surface area contributed by atoms with E-state index in [1.54, 1.807) is 0 Å². The van der Waals surface area contributed by atoms with Crippen molar-refractivity contribution in [3.8, 4) is 0 Å². The molecule has 1 aliphatic rings. The van der Waals surface area contributed by atoms with Crippen LogP contribution in [0.3, 0.4) is 0 Å². The van der Waals surface area contributed by atoms with Crippen LogP contribution in [0.4, 0.5) is 4.39 Å². The van der Waals surface area contributed by atoms with Gasteiger partial charge in [0.2, 0.25) is 0 Å². The molecule has 0 radical (unpaired) electrons. The molecule has 1 N–H and O–H groups in total. The molecule has 4 heteroatoms. The predicted octanol–water partition coefficient (Wildman–Crippen LogP) is 0.777. The number of piperazine rings is 1. The molecule has 0 aromatic heterocycles. The van der Waals surface area contributed by atoms with Crippen LogP contribution in [0.25, 0.3) is 0 Å². The average Bonchev–Trinajstić information content (AvgIpc) is 2.25. The minimum atomic E-state index is -0.216. The minimum Gasteiger partial charge on any atom is -0.307 e. The monoisotopic (exact) mass is 205 g/mol. The summed E-state index contributed by atoms with van der Waals surface area (Å²) in [6, 6.07) is 0. The number of rotatable bonds is 4. The Morgan fingerprint density at radius 1 is 1.07 bits per heavy atom. The third-order valence-electron chi connectivity index (χ3n) is 2.25. The van der Waals surface area contributed by atoms with E-state index in [-0.39, 0.29) is 6.67 Å². The third kappa shape index (κ3) is 5.52. The molecule has 0 saturated carbocycles. The zero-order valence-electron chi connectivity index (χ0n) is 9.72. The topological polar surface area (TPSA) is 18.5 Å². The molecule has 0 aromatic rings. The molecule has 1 rings (SSSR count). The molecule has 0 amide bonds. The van der Waals surface area contributed by atoms with Crippen LogP contribution in [-0.4, -0.2) is 62.9 Å². The molecule has 0 unspecified atom stereocenters. The van der Waals surface area contributed by atoms with Crippen LogP contribution in [0, 0.1) is 0 Å². The second-order valence-electron chi connectivity index (χ2n) is 3.16. The first kappa shape index (κ1) is 13.8. The van der Waals surface area contributed by atoms with Crippen LogP contribution in [0.1, 0.15) is 13.8 Å². The van der Waals surface area contributed by atoms with Gasteiger partial charge in [-0.3, -0.25) is 9.80 Å². The number of hydrogen-bond donors (Lipinski definition) is 1. The lowest BCUT2D eigenvalue weighted by Gasteiger charge is -2.33. The van der Waals surface area contributed by atoms with Crippen molar-refractivity contribution in [1.29, 1.82) is 0 Å². The summed E-state index contributed by atoms with van der Waals surface area (Å²) in [7, 11) is 1.95. The van der Waals surface area contributed by atoms with Crippen LogP contribution >= 0.6 is 0 Å². The van der Waals surface area contributed by atoms with Crippen LogP contribution in [0.2, 0.25) is 0 Å². The van der Waals surface area contributed by atoms with Crippen molar-refractivity contribution in [2.75, 3.05) is 53.1 Å². The smallest absolute Gasteiger partial charge is 0.102 e. The maximum absolute atomic E-state index is 12.0. The molecule has 1 aliphatic heterocycles. The molecule has 0 atom stereocenters. The Morgan fingerprint density at radius 3 is 2.00 bits per heavy atom. The van der Waals surface area contributed by atoms with Crippen molar-refractivity contribution >= 4 is 0 Å². The Hall–Kier alpha value is -0.190. The highest BCUT2D eigenvalue weighted by atomic mass is 19.1. The summed E-state index contributed by atoms with van der Waals surface area (Å²) in [5.41, 5.74) is 0. The van der Waals surface area contributed by atoms with Crippen molar-refractivity contribution in [3.63, 3.8) is 0 Å². The molecule has 1 saturated heterocycles. The van der Waals surface area contributed by atoms with Crippen LogP contribution in [-0.2, 0) is 0 Å². The number of nitrogens with zero attached hydrogens (tertiary/aromatic N) is 2. The minimum absolute atomic E-state index is 0.216. The van der Waals surface area contributed by atoms with Gasteiger partial charge in [-0.15, -0.1) is 0 Å². The molecule has 0 aliphatic carbocycles. The molecular formula is C10H24FN3. The molecule has 0 spiro atoms. The zero-order chi connectivity index (χ0) is 10.8. The molecule has 1 heterocycles. The Kier molecular flexibility index (Phi) is 9.24. The van der Waals surface area contributed by atoms with E-state index < -0.39 is 0 Å². The van der Waals surface area contributed by atoms with E-state index in [0.29, 0.717) is 6.54 Å². The number of hydrogen-bond acceptors (Lipinski definition) is 3. The van der Waals surface area contributed by atoms with E-state index >= 15 is 0 Å². The van der Waals surface area contributed by atoms with E-state index in [9.17, 15) is 4.39 Å². The SMILES string of the molecule is CC.CNCN1CCN(CCF)CC1. The van der Waals surface area contributed by atoms with Crippen LogP contribution in [0.5, 0.6) is 0 Å². The Morgan fingerprint density at radius 2 is 1.57 bits per heavy atom. The van der Waals surface area contributed by atoms with Gasteiger partial charge in [0.05, 0.1) is 0 Å². The first-order valence-corrected chi connectivity index (χ1v) is 5.52. The summed E-state index contributed by atoms with van der Waals surface area (Å²) in [5.74, 6) is 0. The average molecular weight is 205 g/mol. The summed E-state index contributed by atoms with van der Waals surface area (Å²) in [5, 5.41) is 3.12. The van der Waals surface area contributed by atoms with Crippen LogP contribution < -0.4 is 5.32 Å². The Labute approximate surface area is 87.3 Å². The highest BCUT2D eigenvalue weighted by Gasteiger charge is 2.14. The fourth-order valence-electron chi connectivity index (χ4n) is 1.51. The predicted molar refractivity (Wildman–Crippen MR) is 59.3 cm³/mol. The lowest BCUT2D eigenvalue weighted by Crippen LogP contribution is -2.49. The highest BCUT2D eigenvalue weighted by molar-refractivity contribution is 4.70. The van der Waals surface area contributed by atoms with Gasteiger partial charge in [-0.25, -0.2) is 4.39 Å². The number of alkyl halides is 1. The molecule has 0 bridgehead atoms. The van der Waals surface area contributed by atoms with Gasteiger partial charge >= 0.3 is 0 Å². The fourth-order valence-corrected chi connectivity index (χ4v) is 1.51. The van der Waals surface area contributed by atoms with E-state index in [2.05, 4.69) is 15.1 Å². The highest BCUT2D eigenvalue weighted by Crippen LogP contribution is 1.99. The van der Waals surface area contributed by atoms with Gasteiger partial charge in [0.25, 0.3) is 0 Å². The third-order valence-corrected chi connectivity index (χ3v) is 2.25. The second-order valence-corrected chi connectivity index (χ2v) is 3.16. The largest absolute Gasteiger partial charge is 0.307 e. The van der Waals surface area contributed by atoms with Crippen molar-refractivity contribution in [1.82, 2.24) is 15.1 Å². The standard InChI is InChI=1S/C8H18FN3.C2H6/c1-10-8-12-6-4-11(3-2-9)5-7-12;1-2/h10H,2-8H2,1H3;1-2H3. The normalized spacial score (nSPS) is 18.9.